The topological polar surface area (TPSA) is 37.3 Å². The Morgan fingerprint density at radius 1 is 1.25 bits per heavy atom. The van der Waals surface area contributed by atoms with Gasteiger partial charge in [0.05, 0.1) is 0 Å². The monoisotopic (exact) mass is 226 g/mol. The van der Waals surface area contributed by atoms with Crippen LogP contribution in [0.25, 0.3) is 0 Å². The van der Waals surface area contributed by atoms with Crippen LogP contribution >= 0.6 is 0 Å². The summed E-state index contributed by atoms with van der Waals surface area (Å²) in [5.41, 5.74) is 0. The number of carbonyl (C=O) groups is 1. The average Bonchev–Trinajstić information content (AvgIpc) is 2.70. The van der Waals surface area contributed by atoms with Crippen LogP contribution in [0.2, 0.25) is 0 Å². The lowest BCUT2D eigenvalue weighted by molar-refractivity contribution is -0.137. The summed E-state index contributed by atoms with van der Waals surface area (Å²) in [6, 6.07) is 0. The molecular formula is C14H26O2. The molecule has 2 nitrogen and oxygen atoms in total. The van der Waals surface area contributed by atoms with Gasteiger partial charge in [0.15, 0.2) is 0 Å². The van der Waals surface area contributed by atoms with Gasteiger partial charge >= 0.3 is 5.97 Å². The van der Waals surface area contributed by atoms with Crippen LogP contribution in [0.4, 0.5) is 0 Å². The van der Waals surface area contributed by atoms with Gasteiger partial charge in [-0.3, -0.25) is 4.79 Å². The van der Waals surface area contributed by atoms with Crippen LogP contribution in [0.1, 0.15) is 71.1 Å². The van der Waals surface area contributed by atoms with E-state index >= 15 is 0 Å². The first-order valence-electron chi connectivity index (χ1n) is 6.90. The lowest BCUT2D eigenvalue weighted by Crippen LogP contribution is -2.00. The molecule has 1 saturated carbocycles. The van der Waals surface area contributed by atoms with Gasteiger partial charge < -0.3 is 5.11 Å². The minimum absolute atomic E-state index is 0.340. The third kappa shape index (κ3) is 6.14. The van der Waals surface area contributed by atoms with E-state index in [-0.39, 0.29) is 0 Å². The van der Waals surface area contributed by atoms with Gasteiger partial charge in [0, 0.05) is 6.42 Å². The van der Waals surface area contributed by atoms with Crippen LogP contribution in [0.15, 0.2) is 0 Å². The van der Waals surface area contributed by atoms with Crippen molar-refractivity contribution < 1.29 is 9.90 Å². The first-order valence-corrected chi connectivity index (χ1v) is 6.90. The summed E-state index contributed by atoms with van der Waals surface area (Å²) in [4.78, 5) is 10.4. The maximum atomic E-state index is 10.4. The van der Waals surface area contributed by atoms with Gasteiger partial charge in [-0.15, -0.1) is 0 Å². The van der Waals surface area contributed by atoms with Crippen LogP contribution in [0, 0.1) is 11.8 Å². The zero-order chi connectivity index (χ0) is 11.8. The zero-order valence-electron chi connectivity index (χ0n) is 10.6. The fourth-order valence-corrected chi connectivity index (χ4v) is 2.80. The van der Waals surface area contributed by atoms with E-state index < -0.39 is 5.97 Å². The molecule has 1 N–H and O–H groups in total. The molecule has 0 aromatic heterocycles. The lowest BCUT2D eigenvalue weighted by atomic mass is 9.94. The Kier molecular flexibility index (Phi) is 6.51. The Hall–Kier alpha value is -0.530. The van der Waals surface area contributed by atoms with Gasteiger partial charge in [0.2, 0.25) is 0 Å². The highest BCUT2D eigenvalue weighted by Crippen LogP contribution is 2.29. The maximum absolute atomic E-state index is 10.4. The minimum atomic E-state index is -0.654. The summed E-state index contributed by atoms with van der Waals surface area (Å²) < 4.78 is 0. The number of hydrogen-bond acceptors (Lipinski definition) is 1. The standard InChI is InChI=1S/C14H26O2/c1-12(7-5-11-14(15)16)6-4-10-13-8-2-3-9-13/h12-13H,2-11H2,1H3,(H,15,16). The molecule has 1 aliphatic rings. The molecular weight excluding hydrogens is 200 g/mol. The smallest absolute Gasteiger partial charge is 0.303 e. The predicted molar refractivity (Wildman–Crippen MR) is 66.5 cm³/mol. The first kappa shape index (κ1) is 13.5. The van der Waals surface area contributed by atoms with Gasteiger partial charge in [-0.05, 0) is 18.3 Å². The average molecular weight is 226 g/mol. The SMILES string of the molecule is CC(CCCC(=O)O)CCCC1CCCC1. The van der Waals surface area contributed by atoms with Crippen LogP contribution in [-0.4, -0.2) is 11.1 Å². The molecule has 0 spiro atoms. The van der Waals surface area contributed by atoms with Crippen molar-refractivity contribution >= 4 is 5.97 Å². The molecule has 0 amide bonds. The second-order valence-electron chi connectivity index (χ2n) is 5.47. The largest absolute Gasteiger partial charge is 0.481 e. The summed E-state index contributed by atoms with van der Waals surface area (Å²) in [7, 11) is 0. The predicted octanol–water partition coefficient (Wildman–Crippen LogP) is 4.24. The molecule has 1 aliphatic carbocycles. The van der Waals surface area contributed by atoms with Gasteiger partial charge in [-0.25, -0.2) is 0 Å². The number of hydrogen-bond donors (Lipinski definition) is 1. The molecule has 1 rings (SSSR count). The quantitative estimate of drug-likeness (QED) is 0.672. The van der Waals surface area contributed by atoms with Crippen LogP contribution in [0.3, 0.4) is 0 Å². The molecule has 0 heterocycles. The zero-order valence-corrected chi connectivity index (χ0v) is 10.6. The van der Waals surface area contributed by atoms with Crippen LogP contribution in [-0.2, 0) is 4.79 Å². The minimum Gasteiger partial charge on any atom is -0.481 e. The fraction of sp³-hybridized carbons (Fsp3) is 0.929. The Morgan fingerprint density at radius 3 is 2.50 bits per heavy atom. The van der Waals surface area contributed by atoms with E-state index in [0.29, 0.717) is 12.3 Å². The number of carboxylic acid groups (broad SMARTS) is 1. The lowest BCUT2D eigenvalue weighted by Gasteiger charge is -2.12. The van der Waals surface area contributed by atoms with E-state index in [9.17, 15) is 4.79 Å². The second-order valence-corrected chi connectivity index (χ2v) is 5.47. The molecule has 1 fully saturated rings. The van der Waals surface area contributed by atoms with Crippen molar-refractivity contribution in [3.05, 3.63) is 0 Å². The number of aliphatic carboxylic acids is 1. The number of carboxylic acids is 1. The highest BCUT2D eigenvalue weighted by atomic mass is 16.4. The summed E-state index contributed by atoms with van der Waals surface area (Å²) >= 11 is 0. The second kappa shape index (κ2) is 7.70. The van der Waals surface area contributed by atoms with Crippen molar-refractivity contribution in [1.29, 1.82) is 0 Å². The van der Waals surface area contributed by atoms with E-state index in [1.54, 1.807) is 0 Å². The molecule has 0 radical (unpaired) electrons. The van der Waals surface area contributed by atoms with Crippen molar-refractivity contribution in [2.24, 2.45) is 11.8 Å². The van der Waals surface area contributed by atoms with E-state index in [0.717, 1.165) is 18.8 Å². The molecule has 0 aromatic rings. The van der Waals surface area contributed by atoms with Crippen molar-refractivity contribution in [2.75, 3.05) is 0 Å². The third-order valence-electron chi connectivity index (χ3n) is 3.87. The van der Waals surface area contributed by atoms with E-state index in [4.69, 9.17) is 5.11 Å². The number of rotatable bonds is 8. The third-order valence-corrected chi connectivity index (χ3v) is 3.87. The summed E-state index contributed by atoms with van der Waals surface area (Å²) in [5, 5.41) is 8.55. The van der Waals surface area contributed by atoms with Gasteiger partial charge in [-0.2, -0.15) is 0 Å². The highest BCUT2D eigenvalue weighted by molar-refractivity contribution is 5.66. The molecule has 0 bridgehead atoms. The molecule has 0 saturated heterocycles. The van der Waals surface area contributed by atoms with Crippen LogP contribution < -0.4 is 0 Å². The maximum Gasteiger partial charge on any atom is 0.303 e. The first-order chi connectivity index (χ1) is 7.68. The van der Waals surface area contributed by atoms with Crippen molar-refractivity contribution in [1.82, 2.24) is 0 Å². The van der Waals surface area contributed by atoms with Gasteiger partial charge in [0.25, 0.3) is 0 Å². The van der Waals surface area contributed by atoms with Gasteiger partial charge in [0.1, 0.15) is 0 Å². The summed E-state index contributed by atoms with van der Waals surface area (Å²) in [6.45, 7) is 2.26. The highest BCUT2D eigenvalue weighted by Gasteiger charge is 2.14. The van der Waals surface area contributed by atoms with Crippen molar-refractivity contribution in [3.63, 3.8) is 0 Å². The fourth-order valence-electron chi connectivity index (χ4n) is 2.80. The normalized spacial score (nSPS) is 18.8. The molecule has 1 atom stereocenters. The molecule has 0 aliphatic heterocycles. The van der Waals surface area contributed by atoms with E-state index in [2.05, 4.69) is 6.92 Å². The molecule has 0 aromatic carbocycles. The van der Waals surface area contributed by atoms with Crippen molar-refractivity contribution in [3.8, 4) is 0 Å². The molecule has 1 unspecified atom stereocenters. The molecule has 94 valence electrons. The molecule has 2 heteroatoms. The Morgan fingerprint density at radius 2 is 1.88 bits per heavy atom. The summed E-state index contributed by atoms with van der Waals surface area (Å²) in [5.74, 6) is 1.06. The summed E-state index contributed by atoms with van der Waals surface area (Å²) in [6.07, 6.45) is 12.1. The van der Waals surface area contributed by atoms with E-state index in [1.807, 2.05) is 0 Å². The van der Waals surface area contributed by atoms with Crippen LogP contribution in [0.5, 0.6) is 0 Å². The Bertz CT molecular complexity index is 195. The van der Waals surface area contributed by atoms with E-state index in [1.165, 1.54) is 44.9 Å². The Labute approximate surface area is 99.4 Å². The van der Waals surface area contributed by atoms with Crippen molar-refractivity contribution in [2.45, 2.75) is 71.1 Å². The Balaban J connectivity index is 1.92. The van der Waals surface area contributed by atoms with Gasteiger partial charge in [-0.1, -0.05) is 58.3 Å². The molecule has 16 heavy (non-hydrogen) atoms.